The average Bonchev–Trinajstić information content (AvgIpc) is 2.01. The van der Waals surface area contributed by atoms with Crippen molar-refractivity contribution in [2.24, 2.45) is 0 Å². The summed E-state index contributed by atoms with van der Waals surface area (Å²) >= 11 is 0. The predicted octanol–water partition coefficient (Wildman–Crippen LogP) is 3.11. The van der Waals surface area contributed by atoms with Gasteiger partial charge >= 0.3 is 0 Å². The number of benzene rings is 1. The first kappa shape index (κ1) is 8.61. The van der Waals surface area contributed by atoms with Crippen LogP contribution in [0.5, 0.6) is 5.75 Å². The van der Waals surface area contributed by atoms with Crippen LogP contribution in [-0.4, -0.2) is 5.60 Å². The van der Waals surface area contributed by atoms with E-state index in [1.54, 1.807) is 0 Å². The van der Waals surface area contributed by atoms with Crippen LogP contribution >= 0.6 is 0 Å². The highest BCUT2D eigenvalue weighted by Crippen LogP contribution is 2.34. The van der Waals surface area contributed by atoms with Crippen LogP contribution in [0, 0.1) is 13.3 Å². The molecule has 0 fully saturated rings. The van der Waals surface area contributed by atoms with Crippen LogP contribution in [0.3, 0.4) is 0 Å². The van der Waals surface area contributed by atoms with E-state index >= 15 is 0 Å². The molecule has 69 valence electrons. The number of hydrogen-bond donors (Lipinski definition) is 0. The zero-order valence-electron chi connectivity index (χ0n) is 8.42. The smallest absolute Gasteiger partial charge is 0.123 e. The summed E-state index contributed by atoms with van der Waals surface area (Å²) in [5.74, 6) is 1.02. The molecule has 0 N–H and O–H groups in total. The third kappa shape index (κ3) is 1.69. The lowest BCUT2D eigenvalue weighted by atomic mass is 9.94. The van der Waals surface area contributed by atoms with Crippen molar-refractivity contribution >= 4 is 0 Å². The highest BCUT2D eigenvalue weighted by molar-refractivity contribution is 5.43. The molecular weight excluding hydrogens is 160 g/mol. The van der Waals surface area contributed by atoms with Gasteiger partial charge in [0, 0.05) is 0 Å². The highest BCUT2D eigenvalue weighted by Gasteiger charge is 2.26. The summed E-state index contributed by atoms with van der Waals surface area (Å²) in [4.78, 5) is 0. The summed E-state index contributed by atoms with van der Waals surface area (Å²) in [5, 5.41) is 0. The van der Waals surface area contributed by atoms with E-state index in [4.69, 9.17) is 4.74 Å². The van der Waals surface area contributed by atoms with E-state index in [1.807, 2.05) is 0 Å². The minimum absolute atomic E-state index is 0.0409. The standard InChI is InChI=1S/C12H15O/c1-9-4-5-10-6-7-12(2,3)13-11(10)8-9/h4-6,8H,7H2,1-3H3. The van der Waals surface area contributed by atoms with Crippen LogP contribution in [0.4, 0.5) is 0 Å². The number of rotatable bonds is 0. The molecule has 0 amide bonds. The van der Waals surface area contributed by atoms with Crippen molar-refractivity contribution in [1.29, 1.82) is 0 Å². The van der Waals surface area contributed by atoms with Gasteiger partial charge < -0.3 is 4.74 Å². The van der Waals surface area contributed by atoms with E-state index in [1.165, 1.54) is 11.1 Å². The molecule has 1 heteroatoms. The van der Waals surface area contributed by atoms with E-state index in [-0.39, 0.29) is 5.60 Å². The molecule has 1 radical (unpaired) electrons. The molecule has 0 atom stereocenters. The lowest BCUT2D eigenvalue weighted by Crippen LogP contribution is -2.31. The quantitative estimate of drug-likeness (QED) is 0.588. The fourth-order valence-corrected chi connectivity index (χ4v) is 1.59. The van der Waals surface area contributed by atoms with Gasteiger partial charge in [-0.3, -0.25) is 0 Å². The Morgan fingerprint density at radius 3 is 2.85 bits per heavy atom. The Labute approximate surface area is 79.7 Å². The van der Waals surface area contributed by atoms with Crippen LogP contribution in [0.25, 0.3) is 0 Å². The number of hydrogen-bond acceptors (Lipinski definition) is 1. The van der Waals surface area contributed by atoms with Crippen molar-refractivity contribution in [1.82, 2.24) is 0 Å². The maximum atomic E-state index is 5.87. The predicted molar refractivity (Wildman–Crippen MR) is 53.9 cm³/mol. The summed E-state index contributed by atoms with van der Waals surface area (Å²) in [6.07, 6.45) is 3.24. The maximum absolute atomic E-state index is 5.87. The highest BCUT2D eigenvalue weighted by atomic mass is 16.5. The Bertz CT molecular complexity index is 326. The molecule has 0 aliphatic carbocycles. The fraction of sp³-hybridized carbons (Fsp3) is 0.417. The number of aryl methyl sites for hydroxylation is 1. The van der Waals surface area contributed by atoms with E-state index in [9.17, 15) is 0 Å². The molecule has 0 saturated carbocycles. The maximum Gasteiger partial charge on any atom is 0.123 e. The molecule has 1 nitrogen and oxygen atoms in total. The first-order valence-electron chi connectivity index (χ1n) is 4.70. The molecule has 1 aliphatic heterocycles. The number of fused-ring (bicyclic) bond motifs is 1. The van der Waals surface area contributed by atoms with Crippen molar-refractivity contribution in [2.75, 3.05) is 0 Å². The molecule has 0 spiro atoms. The Kier molecular flexibility index (Phi) is 1.83. The fourth-order valence-electron chi connectivity index (χ4n) is 1.59. The topological polar surface area (TPSA) is 9.23 Å². The molecule has 0 aromatic heterocycles. The zero-order valence-corrected chi connectivity index (χ0v) is 8.42. The minimum atomic E-state index is -0.0409. The summed E-state index contributed by atoms with van der Waals surface area (Å²) in [7, 11) is 0. The van der Waals surface area contributed by atoms with Gasteiger partial charge in [0.2, 0.25) is 0 Å². The first-order chi connectivity index (χ1) is 6.07. The van der Waals surface area contributed by atoms with Crippen molar-refractivity contribution in [2.45, 2.75) is 32.8 Å². The number of ether oxygens (including phenoxy) is 1. The van der Waals surface area contributed by atoms with Crippen molar-refractivity contribution in [3.63, 3.8) is 0 Å². The molecular formula is C12H15O. The van der Waals surface area contributed by atoms with Crippen molar-refractivity contribution in [3.8, 4) is 5.75 Å². The van der Waals surface area contributed by atoms with Gasteiger partial charge in [0.15, 0.2) is 0 Å². The monoisotopic (exact) mass is 175 g/mol. The molecule has 1 aromatic carbocycles. The second-order valence-electron chi connectivity index (χ2n) is 4.31. The summed E-state index contributed by atoms with van der Waals surface area (Å²) in [5.41, 5.74) is 2.44. The van der Waals surface area contributed by atoms with Gasteiger partial charge in [-0.2, -0.15) is 0 Å². The first-order valence-corrected chi connectivity index (χ1v) is 4.70. The van der Waals surface area contributed by atoms with Crippen LogP contribution in [0.2, 0.25) is 0 Å². The molecule has 0 unspecified atom stereocenters. The van der Waals surface area contributed by atoms with Gasteiger partial charge in [-0.1, -0.05) is 12.1 Å². The SMILES string of the molecule is Cc1ccc2c(c1)OC(C)(C)C[CH]2. The second kappa shape index (κ2) is 2.76. The molecule has 0 bridgehead atoms. The van der Waals surface area contributed by atoms with Crippen LogP contribution in [-0.2, 0) is 0 Å². The third-order valence-corrected chi connectivity index (χ3v) is 2.37. The molecule has 13 heavy (non-hydrogen) atoms. The summed E-state index contributed by atoms with van der Waals surface area (Å²) in [6, 6.07) is 6.35. The molecule has 0 saturated heterocycles. The van der Waals surface area contributed by atoms with Gasteiger partial charge in [-0.25, -0.2) is 0 Å². The lowest BCUT2D eigenvalue weighted by molar-refractivity contribution is 0.0987. The van der Waals surface area contributed by atoms with Crippen LogP contribution in [0.15, 0.2) is 18.2 Å². The van der Waals surface area contributed by atoms with E-state index in [0.717, 1.165) is 12.2 Å². The Balaban J connectivity index is 2.38. The van der Waals surface area contributed by atoms with Crippen molar-refractivity contribution in [3.05, 3.63) is 35.7 Å². The second-order valence-corrected chi connectivity index (χ2v) is 4.31. The van der Waals surface area contributed by atoms with Crippen LogP contribution in [0.1, 0.15) is 31.4 Å². The Morgan fingerprint density at radius 1 is 1.31 bits per heavy atom. The van der Waals surface area contributed by atoms with Crippen molar-refractivity contribution < 1.29 is 4.74 Å². The van der Waals surface area contributed by atoms with Gasteiger partial charge in [0.25, 0.3) is 0 Å². The molecule has 1 aliphatic rings. The summed E-state index contributed by atoms with van der Waals surface area (Å²) < 4.78 is 5.87. The Morgan fingerprint density at radius 2 is 2.08 bits per heavy atom. The molecule has 1 aromatic rings. The normalized spacial score (nSPS) is 19.0. The van der Waals surface area contributed by atoms with Gasteiger partial charge in [0.1, 0.15) is 11.4 Å². The third-order valence-electron chi connectivity index (χ3n) is 2.37. The van der Waals surface area contributed by atoms with E-state index in [2.05, 4.69) is 45.4 Å². The Hall–Kier alpha value is -0.980. The van der Waals surface area contributed by atoms with Crippen LogP contribution < -0.4 is 4.74 Å². The average molecular weight is 175 g/mol. The van der Waals surface area contributed by atoms with Gasteiger partial charge in [-0.15, -0.1) is 0 Å². The van der Waals surface area contributed by atoms with Gasteiger partial charge in [0.05, 0.1) is 0 Å². The van der Waals surface area contributed by atoms with E-state index < -0.39 is 0 Å². The molecule has 2 rings (SSSR count). The zero-order chi connectivity index (χ0) is 9.47. The summed E-state index contributed by atoms with van der Waals surface area (Å²) in [6.45, 7) is 6.33. The minimum Gasteiger partial charge on any atom is -0.488 e. The van der Waals surface area contributed by atoms with Gasteiger partial charge in [-0.05, 0) is 50.8 Å². The lowest BCUT2D eigenvalue weighted by Gasteiger charge is -2.32. The van der Waals surface area contributed by atoms with E-state index in [0.29, 0.717) is 0 Å². The molecule has 1 heterocycles. The largest absolute Gasteiger partial charge is 0.488 e.